The van der Waals surface area contributed by atoms with Crippen molar-refractivity contribution >= 4 is 79.6 Å². The number of ether oxygens (including phenoxy) is 4. The van der Waals surface area contributed by atoms with E-state index >= 15 is 0 Å². The van der Waals surface area contributed by atoms with E-state index in [1.807, 2.05) is 6.07 Å². The second kappa shape index (κ2) is 9.49. The van der Waals surface area contributed by atoms with Crippen LogP contribution >= 0.6 is 79.6 Å². The van der Waals surface area contributed by atoms with E-state index in [2.05, 4.69) is 79.6 Å². The zero-order valence-electron chi connectivity index (χ0n) is 14.3. The average molecular weight is 683 g/mol. The van der Waals surface area contributed by atoms with E-state index in [1.54, 1.807) is 28.4 Å². The summed E-state index contributed by atoms with van der Waals surface area (Å²) in [6.07, 6.45) is 0.597. The fourth-order valence-electron chi connectivity index (χ4n) is 2.51. The summed E-state index contributed by atoms with van der Waals surface area (Å²) < 4.78 is 26.0. The minimum Gasteiger partial charge on any atom is -0.492 e. The highest BCUT2D eigenvalue weighted by Crippen LogP contribution is 2.50. The maximum absolute atomic E-state index is 5.53. The highest BCUT2D eigenvalue weighted by Gasteiger charge is 2.24. The van der Waals surface area contributed by atoms with E-state index < -0.39 is 0 Å². The number of rotatable bonds is 6. The van der Waals surface area contributed by atoms with Gasteiger partial charge in [0.1, 0.15) is 0 Å². The van der Waals surface area contributed by atoms with E-state index in [0.717, 1.165) is 33.5 Å². The van der Waals surface area contributed by atoms with E-state index in [0.29, 0.717) is 29.4 Å². The van der Waals surface area contributed by atoms with Gasteiger partial charge in [0.2, 0.25) is 0 Å². The first-order valence-corrected chi connectivity index (χ1v) is 11.1. The van der Waals surface area contributed by atoms with Crippen molar-refractivity contribution < 1.29 is 18.9 Å². The lowest BCUT2D eigenvalue weighted by Crippen LogP contribution is -2.02. The van der Waals surface area contributed by atoms with Crippen LogP contribution in [0.5, 0.6) is 23.0 Å². The molecule has 2 aromatic rings. The van der Waals surface area contributed by atoms with E-state index in [4.69, 9.17) is 18.9 Å². The number of hydrogen-bond donors (Lipinski definition) is 0. The van der Waals surface area contributed by atoms with Crippen LogP contribution < -0.4 is 18.9 Å². The van der Waals surface area contributed by atoms with Crippen LogP contribution in [0.2, 0.25) is 0 Å². The summed E-state index contributed by atoms with van der Waals surface area (Å²) in [7, 11) is 6.42. The molecule has 9 heteroatoms. The molecule has 26 heavy (non-hydrogen) atoms. The minimum atomic E-state index is 0.597. The van der Waals surface area contributed by atoms with Gasteiger partial charge >= 0.3 is 0 Å². The van der Waals surface area contributed by atoms with Crippen LogP contribution in [0.3, 0.4) is 0 Å². The Labute approximate surface area is 194 Å². The summed E-state index contributed by atoms with van der Waals surface area (Å²) in [5, 5.41) is 0. The lowest BCUT2D eigenvalue weighted by molar-refractivity contribution is 0.350. The van der Waals surface area contributed by atoms with Crippen LogP contribution in [0.1, 0.15) is 11.1 Å². The summed E-state index contributed by atoms with van der Waals surface area (Å²) in [5.41, 5.74) is 2.00. The average Bonchev–Trinajstić information content (AvgIpc) is 2.63. The summed E-state index contributed by atoms with van der Waals surface area (Å²) >= 11 is 18.1. The lowest BCUT2D eigenvalue weighted by Gasteiger charge is -2.19. The van der Waals surface area contributed by atoms with Crippen LogP contribution in [0.4, 0.5) is 0 Å². The van der Waals surface area contributed by atoms with Crippen molar-refractivity contribution in [1.29, 1.82) is 0 Å². The van der Waals surface area contributed by atoms with Crippen LogP contribution in [0.25, 0.3) is 0 Å². The van der Waals surface area contributed by atoms with Crippen molar-refractivity contribution in [3.05, 3.63) is 39.6 Å². The van der Waals surface area contributed by atoms with E-state index in [9.17, 15) is 0 Å². The normalized spacial score (nSPS) is 10.7. The Bertz CT molecular complexity index is 839. The summed E-state index contributed by atoms with van der Waals surface area (Å²) in [5.74, 6) is 2.49. The van der Waals surface area contributed by atoms with Gasteiger partial charge in [-0.1, -0.05) is 0 Å². The number of hydrogen-bond acceptors (Lipinski definition) is 4. The molecule has 0 fully saturated rings. The monoisotopic (exact) mass is 678 g/mol. The Morgan fingerprint density at radius 1 is 0.615 bits per heavy atom. The Hall–Kier alpha value is 0.0400. The fourth-order valence-corrected chi connectivity index (χ4v) is 5.77. The molecule has 0 heterocycles. The summed E-state index contributed by atoms with van der Waals surface area (Å²) in [6.45, 7) is 0. The van der Waals surface area contributed by atoms with Crippen molar-refractivity contribution in [2.45, 2.75) is 6.42 Å². The standard InChI is InChI=1S/C17H15Br5O4/c1-23-14-9(18)6-7(10(19)15(14)24-2)5-8-11(20)13(22)17(26-4)16(25-3)12(8)21/h6H,5H2,1-4H3. The maximum atomic E-state index is 5.53. The first kappa shape index (κ1) is 22.3. The third-order valence-corrected chi connectivity index (χ3v) is 8.18. The molecule has 0 aliphatic heterocycles. The zero-order chi connectivity index (χ0) is 19.6. The molecule has 0 saturated carbocycles. The van der Waals surface area contributed by atoms with E-state index in [-0.39, 0.29) is 0 Å². The van der Waals surface area contributed by atoms with Crippen LogP contribution in [0, 0.1) is 0 Å². The van der Waals surface area contributed by atoms with Gasteiger partial charge < -0.3 is 18.9 Å². The molecule has 0 aliphatic rings. The zero-order valence-corrected chi connectivity index (χ0v) is 22.2. The Morgan fingerprint density at radius 3 is 1.58 bits per heavy atom. The van der Waals surface area contributed by atoms with Crippen LogP contribution in [-0.2, 0) is 6.42 Å². The summed E-state index contributed by atoms with van der Waals surface area (Å²) in [4.78, 5) is 0. The number of halogens is 5. The quantitative estimate of drug-likeness (QED) is 0.304. The van der Waals surface area contributed by atoms with Gasteiger partial charge in [0.25, 0.3) is 0 Å². The molecular weight excluding hydrogens is 668 g/mol. The summed E-state index contributed by atoms with van der Waals surface area (Å²) in [6, 6.07) is 1.99. The first-order chi connectivity index (χ1) is 12.3. The largest absolute Gasteiger partial charge is 0.492 e. The smallest absolute Gasteiger partial charge is 0.177 e. The van der Waals surface area contributed by atoms with Gasteiger partial charge in [-0.3, -0.25) is 0 Å². The third-order valence-electron chi connectivity index (χ3n) is 3.72. The Balaban J connectivity index is 2.67. The maximum Gasteiger partial charge on any atom is 0.177 e. The molecule has 0 amide bonds. The SMILES string of the molecule is COc1c(Br)cc(Cc2c(Br)c(Br)c(OC)c(OC)c2Br)c(Br)c1OC. The van der Waals surface area contributed by atoms with Gasteiger partial charge in [-0.05, 0) is 96.8 Å². The Kier molecular flexibility index (Phi) is 8.15. The molecule has 142 valence electrons. The topological polar surface area (TPSA) is 36.9 Å². The van der Waals surface area contributed by atoms with Crippen molar-refractivity contribution in [2.75, 3.05) is 28.4 Å². The minimum absolute atomic E-state index is 0.597. The molecule has 0 radical (unpaired) electrons. The molecule has 2 aromatic carbocycles. The molecule has 0 N–H and O–H groups in total. The molecule has 0 spiro atoms. The predicted molar refractivity (Wildman–Crippen MR) is 120 cm³/mol. The number of benzene rings is 2. The highest BCUT2D eigenvalue weighted by molar-refractivity contribution is 9.13. The van der Waals surface area contributed by atoms with Crippen LogP contribution in [0.15, 0.2) is 28.4 Å². The molecular formula is C17H15Br5O4. The number of methoxy groups -OCH3 is 4. The molecule has 0 aliphatic carbocycles. The van der Waals surface area contributed by atoms with Gasteiger partial charge in [-0.25, -0.2) is 0 Å². The second-order valence-electron chi connectivity index (χ2n) is 5.06. The molecule has 0 saturated heterocycles. The molecule has 2 rings (SSSR count). The molecule has 0 atom stereocenters. The van der Waals surface area contributed by atoms with Crippen molar-refractivity contribution in [3.63, 3.8) is 0 Å². The van der Waals surface area contributed by atoms with Gasteiger partial charge in [0.15, 0.2) is 23.0 Å². The molecule has 0 aromatic heterocycles. The highest BCUT2D eigenvalue weighted by atomic mass is 79.9. The fraction of sp³-hybridized carbons (Fsp3) is 0.294. The lowest BCUT2D eigenvalue weighted by atomic mass is 10.0. The van der Waals surface area contributed by atoms with Gasteiger partial charge in [0.05, 0.1) is 46.3 Å². The second-order valence-corrected chi connectivity index (χ2v) is 9.09. The Morgan fingerprint density at radius 2 is 1.08 bits per heavy atom. The van der Waals surface area contributed by atoms with Crippen molar-refractivity contribution in [3.8, 4) is 23.0 Å². The predicted octanol–water partition coefficient (Wildman–Crippen LogP) is 7.12. The van der Waals surface area contributed by atoms with Gasteiger partial charge in [0, 0.05) is 10.9 Å². The molecule has 0 unspecified atom stereocenters. The van der Waals surface area contributed by atoms with Crippen molar-refractivity contribution in [1.82, 2.24) is 0 Å². The van der Waals surface area contributed by atoms with Crippen molar-refractivity contribution in [2.24, 2.45) is 0 Å². The van der Waals surface area contributed by atoms with E-state index in [1.165, 1.54) is 0 Å². The molecule has 4 nitrogen and oxygen atoms in total. The third kappa shape index (κ3) is 4.06. The van der Waals surface area contributed by atoms with Gasteiger partial charge in [-0.15, -0.1) is 0 Å². The first-order valence-electron chi connectivity index (χ1n) is 7.18. The van der Waals surface area contributed by atoms with Gasteiger partial charge in [-0.2, -0.15) is 0 Å². The van der Waals surface area contributed by atoms with Crippen LogP contribution in [-0.4, -0.2) is 28.4 Å². The molecule has 0 bridgehead atoms.